The van der Waals surface area contributed by atoms with E-state index in [9.17, 15) is 4.79 Å². The van der Waals surface area contributed by atoms with E-state index in [2.05, 4.69) is 5.43 Å². The van der Waals surface area contributed by atoms with Crippen molar-refractivity contribution in [3.8, 4) is 0 Å². The highest BCUT2D eigenvalue weighted by Gasteiger charge is 2.19. The van der Waals surface area contributed by atoms with Gasteiger partial charge in [0.1, 0.15) is 0 Å². The topological polar surface area (TPSA) is 84.4 Å². The van der Waals surface area contributed by atoms with Gasteiger partial charge in [0.15, 0.2) is 0 Å². The molecule has 0 saturated carbocycles. The maximum Gasteiger partial charge on any atom is 0.251 e. The molecular formula is C8H18N4O. The SMILES string of the molecule is NCCC[C@@H](N)C(=O)NN1CCC1. The van der Waals surface area contributed by atoms with E-state index >= 15 is 0 Å². The fraction of sp³-hybridized carbons (Fsp3) is 0.875. The maximum atomic E-state index is 11.3. The number of hydrogen-bond donors (Lipinski definition) is 3. The number of carbonyl (C=O) groups is 1. The lowest BCUT2D eigenvalue weighted by Crippen LogP contribution is -2.54. The largest absolute Gasteiger partial charge is 0.330 e. The van der Waals surface area contributed by atoms with Crippen molar-refractivity contribution in [2.75, 3.05) is 19.6 Å². The maximum absolute atomic E-state index is 11.3. The number of amides is 1. The highest BCUT2D eigenvalue weighted by Crippen LogP contribution is 2.01. The molecule has 0 aromatic heterocycles. The van der Waals surface area contributed by atoms with Crippen LogP contribution in [0.5, 0.6) is 0 Å². The van der Waals surface area contributed by atoms with Crippen molar-refractivity contribution in [3.05, 3.63) is 0 Å². The van der Waals surface area contributed by atoms with Crippen molar-refractivity contribution in [1.29, 1.82) is 0 Å². The van der Waals surface area contributed by atoms with E-state index < -0.39 is 6.04 Å². The normalized spacial score (nSPS) is 19.2. The Balaban J connectivity index is 2.13. The minimum Gasteiger partial charge on any atom is -0.330 e. The molecule has 1 fully saturated rings. The van der Waals surface area contributed by atoms with E-state index in [-0.39, 0.29) is 5.91 Å². The molecule has 1 heterocycles. The summed E-state index contributed by atoms with van der Waals surface area (Å²) >= 11 is 0. The van der Waals surface area contributed by atoms with Crippen LogP contribution in [0, 0.1) is 0 Å². The fourth-order valence-electron chi connectivity index (χ4n) is 1.14. The second-order valence-corrected chi connectivity index (χ2v) is 3.35. The second kappa shape index (κ2) is 5.16. The predicted molar refractivity (Wildman–Crippen MR) is 50.6 cm³/mol. The van der Waals surface area contributed by atoms with Gasteiger partial charge in [-0.3, -0.25) is 10.2 Å². The summed E-state index contributed by atoms with van der Waals surface area (Å²) in [5, 5.41) is 1.88. The zero-order chi connectivity index (χ0) is 9.68. The van der Waals surface area contributed by atoms with Crippen LogP contribution >= 0.6 is 0 Å². The van der Waals surface area contributed by atoms with Gasteiger partial charge in [0.25, 0.3) is 5.91 Å². The summed E-state index contributed by atoms with van der Waals surface area (Å²) in [6.07, 6.45) is 2.61. The van der Waals surface area contributed by atoms with Crippen molar-refractivity contribution >= 4 is 5.91 Å². The molecule has 1 atom stereocenters. The molecule has 1 rings (SSSR count). The van der Waals surface area contributed by atoms with Gasteiger partial charge in [-0.2, -0.15) is 0 Å². The number of hydrazine groups is 1. The lowest BCUT2D eigenvalue weighted by molar-refractivity contribution is -0.129. The molecule has 1 aliphatic rings. The van der Waals surface area contributed by atoms with Crippen LogP contribution in [0.25, 0.3) is 0 Å². The van der Waals surface area contributed by atoms with E-state index in [1.54, 1.807) is 0 Å². The Kier molecular flexibility index (Phi) is 4.14. The van der Waals surface area contributed by atoms with Gasteiger partial charge in [-0.05, 0) is 25.8 Å². The quantitative estimate of drug-likeness (QED) is 0.503. The summed E-state index contributed by atoms with van der Waals surface area (Å²) in [4.78, 5) is 11.3. The summed E-state index contributed by atoms with van der Waals surface area (Å²) in [5.74, 6) is -0.0897. The molecule has 0 aromatic rings. The van der Waals surface area contributed by atoms with Crippen LogP contribution in [-0.4, -0.2) is 36.6 Å². The Labute approximate surface area is 78.4 Å². The average molecular weight is 186 g/mol. The van der Waals surface area contributed by atoms with Gasteiger partial charge in [-0.1, -0.05) is 0 Å². The first kappa shape index (κ1) is 10.4. The van der Waals surface area contributed by atoms with Gasteiger partial charge in [0, 0.05) is 13.1 Å². The number of nitrogens with two attached hydrogens (primary N) is 2. The molecular weight excluding hydrogens is 168 g/mol. The molecule has 0 radical (unpaired) electrons. The molecule has 5 nitrogen and oxygen atoms in total. The molecule has 1 amide bonds. The lowest BCUT2D eigenvalue weighted by Gasteiger charge is -2.31. The van der Waals surface area contributed by atoms with Crippen LogP contribution in [-0.2, 0) is 4.79 Å². The molecule has 5 heteroatoms. The van der Waals surface area contributed by atoms with Crippen LogP contribution in [0.2, 0.25) is 0 Å². The summed E-state index contributed by atoms with van der Waals surface area (Å²) in [7, 11) is 0. The third kappa shape index (κ3) is 3.30. The van der Waals surface area contributed by atoms with E-state index in [0.717, 1.165) is 25.9 Å². The second-order valence-electron chi connectivity index (χ2n) is 3.35. The molecule has 5 N–H and O–H groups in total. The van der Waals surface area contributed by atoms with E-state index in [4.69, 9.17) is 11.5 Å². The fourth-order valence-corrected chi connectivity index (χ4v) is 1.14. The summed E-state index contributed by atoms with van der Waals surface area (Å²) in [6, 6.07) is -0.413. The van der Waals surface area contributed by atoms with Crippen molar-refractivity contribution in [2.24, 2.45) is 11.5 Å². The third-order valence-corrected chi connectivity index (χ3v) is 2.18. The van der Waals surface area contributed by atoms with E-state index in [0.29, 0.717) is 13.0 Å². The van der Waals surface area contributed by atoms with Crippen molar-refractivity contribution in [1.82, 2.24) is 10.4 Å². The van der Waals surface area contributed by atoms with Crippen LogP contribution in [0.3, 0.4) is 0 Å². The zero-order valence-corrected chi connectivity index (χ0v) is 7.83. The molecule has 1 saturated heterocycles. The van der Waals surface area contributed by atoms with Gasteiger partial charge in [-0.25, -0.2) is 5.01 Å². The highest BCUT2D eigenvalue weighted by molar-refractivity contribution is 5.80. The smallest absolute Gasteiger partial charge is 0.251 e. The van der Waals surface area contributed by atoms with E-state index in [1.165, 1.54) is 0 Å². The summed E-state index contributed by atoms with van der Waals surface area (Å²) < 4.78 is 0. The van der Waals surface area contributed by atoms with Crippen molar-refractivity contribution < 1.29 is 4.79 Å². The molecule has 1 aliphatic heterocycles. The molecule has 0 bridgehead atoms. The van der Waals surface area contributed by atoms with Crippen LogP contribution < -0.4 is 16.9 Å². The lowest BCUT2D eigenvalue weighted by atomic mass is 10.1. The number of nitrogens with zero attached hydrogens (tertiary/aromatic N) is 1. The molecule has 0 aromatic carbocycles. The first-order chi connectivity index (χ1) is 6.24. The number of carbonyl (C=O) groups excluding carboxylic acids is 1. The van der Waals surface area contributed by atoms with Gasteiger partial charge in [-0.15, -0.1) is 0 Å². The van der Waals surface area contributed by atoms with E-state index in [1.807, 2.05) is 5.01 Å². The van der Waals surface area contributed by atoms with Gasteiger partial charge in [0.2, 0.25) is 0 Å². The highest BCUT2D eigenvalue weighted by atomic mass is 16.2. The zero-order valence-electron chi connectivity index (χ0n) is 7.83. The first-order valence-electron chi connectivity index (χ1n) is 4.75. The third-order valence-electron chi connectivity index (χ3n) is 2.18. The van der Waals surface area contributed by atoms with Crippen LogP contribution in [0.15, 0.2) is 0 Å². The monoisotopic (exact) mass is 186 g/mol. The number of nitrogens with one attached hydrogen (secondary N) is 1. The number of hydrogen-bond acceptors (Lipinski definition) is 4. The minimum absolute atomic E-state index is 0.0897. The van der Waals surface area contributed by atoms with Crippen molar-refractivity contribution in [3.63, 3.8) is 0 Å². The minimum atomic E-state index is -0.413. The molecule has 76 valence electrons. The summed E-state index contributed by atoms with van der Waals surface area (Å²) in [6.45, 7) is 2.47. The average Bonchev–Trinajstić information content (AvgIpc) is 2.06. The molecule has 0 spiro atoms. The van der Waals surface area contributed by atoms with Crippen molar-refractivity contribution in [2.45, 2.75) is 25.3 Å². The Hall–Kier alpha value is -0.650. The molecule has 13 heavy (non-hydrogen) atoms. The summed E-state index contributed by atoms with van der Waals surface area (Å²) in [5.41, 5.74) is 13.7. The van der Waals surface area contributed by atoms with Gasteiger partial charge in [0.05, 0.1) is 6.04 Å². The molecule has 0 aliphatic carbocycles. The Morgan fingerprint density at radius 2 is 2.23 bits per heavy atom. The van der Waals surface area contributed by atoms with Crippen LogP contribution in [0.4, 0.5) is 0 Å². The number of rotatable bonds is 5. The van der Waals surface area contributed by atoms with Gasteiger partial charge < -0.3 is 11.5 Å². The first-order valence-corrected chi connectivity index (χ1v) is 4.75. The Morgan fingerprint density at radius 3 is 2.69 bits per heavy atom. The standard InChI is InChI=1S/C8H18N4O/c9-4-1-3-7(10)8(13)11-12-5-2-6-12/h7H,1-6,9-10H2,(H,11,13)/t7-/m1/s1. The van der Waals surface area contributed by atoms with Gasteiger partial charge >= 0.3 is 0 Å². The van der Waals surface area contributed by atoms with Crippen LogP contribution in [0.1, 0.15) is 19.3 Å². The molecule has 0 unspecified atom stereocenters. The predicted octanol–water partition coefficient (Wildman–Crippen LogP) is -1.21. The Bertz CT molecular complexity index is 170. The Morgan fingerprint density at radius 1 is 1.54 bits per heavy atom.